The van der Waals surface area contributed by atoms with E-state index in [1.807, 2.05) is 19.1 Å². The van der Waals surface area contributed by atoms with Crippen LogP contribution in [0, 0.1) is 5.92 Å². The lowest BCUT2D eigenvalue weighted by Crippen LogP contribution is -2.48. The maximum Gasteiger partial charge on any atom is 0.341 e. The summed E-state index contributed by atoms with van der Waals surface area (Å²) in [7, 11) is 1.69. The Balaban J connectivity index is 1.33. The van der Waals surface area contributed by atoms with Crippen molar-refractivity contribution in [3.05, 3.63) is 45.8 Å². The van der Waals surface area contributed by atoms with Gasteiger partial charge in [-0.3, -0.25) is 14.6 Å². The van der Waals surface area contributed by atoms with Gasteiger partial charge < -0.3 is 14.8 Å². The molecule has 34 heavy (non-hydrogen) atoms. The molecule has 0 saturated carbocycles. The first-order valence-corrected chi connectivity index (χ1v) is 13.0. The second kappa shape index (κ2) is 11.3. The molecule has 1 aromatic carbocycles. The largest absolute Gasteiger partial charge is 0.497 e. The second-order valence-corrected chi connectivity index (χ2v) is 10.3. The average Bonchev–Trinajstić information content (AvgIpc) is 3.17. The summed E-state index contributed by atoms with van der Waals surface area (Å²) >= 11 is 1.55. The smallest absolute Gasteiger partial charge is 0.341 e. The number of anilines is 1. The van der Waals surface area contributed by atoms with E-state index in [0.29, 0.717) is 29.6 Å². The van der Waals surface area contributed by atoms with Crippen LogP contribution in [0.15, 0.2) is 24.3 Å². The molecule has 0 spiro atoms. The molecular weight excluding hydrogens is 450 g/mol. The first-order valence-electron chi connectivity index (χ1n) is 12.2. The molecule has 1 atom stereocenters. The molecule has 1 saturated heterocycles. The molecule has 2 heterocycles. The number of ether oxygens (including phenoxy) is 2. The number of nitrogens with one attached hydrogen (secondary N) is 1. The van der Waals surface area contributed by atoms with Gasteiger partial charge in [0.15, 0.2) is 0 Å². The molecule has 1 unspecified atom stereocenters. The van der Waals surface area contributed by atoms with E-state index < -0.39 is 0 Å². The van der Waals surface area contributed by atoms with Gasteiger partial charge >= 0.3 is 5.97 Å². The van der Waals surface area contributed by atoms with Crippen LogP contribution in [-0.2, 0) is 28.9 Å². The molecule has 8 heteroatoms. The van der Waals surface area contributed by atoms with E-state index in [9.17, 15) is 9.59 Å². The van der Waals surface area contributed by atoms with Gasteiger partial charge in [-0.2, -0.15) is 0 Å². The maximum absolute atomic E-state index is 12.9. The zero-order valence-electron chi connectivity index (χ0n) is 20.4. The summed E-state index contributed by atoms with van der Waals surface area (Å²) in [5, 5.41) is 3.69. The quantitative estimate of drug-likeness (QED) is 0.574. The van der Waals surface area contributed by atoms with Crippen LogP contribution in [0.3, 0.4) is 0 Å². The summed E-state index contributed by atoms with van der Waals surface area (Å²) in [5.74, 6) is 1.08. The van der Waals surface area contributed by atoms with Crippen molar-refractivity contribution in [2.24, 2.45) is 5.92 Å². The van der Waals surface area contributed by atoms with Crippen LogP contribution in [0.5, 0.6) is 5.75 Å². The Labute approximate surface area is 206 Å². The van der Waals surface area contributed by atoms with Crippen LogP contribution < -0.4 is 10.1 Å². The third-order valence-electron chi connectivity index (χ3n) is 6.62. The topological polar surface area (TPSA) is 71.1 Å². The normalized spacial score (nSPS) is 18.9. The highest BCUT2D eigenvalue weighted by atomic mass is 32.1. The monoisotopic (exact) mass is 485 g/mol. The standard InChI is InChI=1S/C26H35N3O4S/c1-4-33-26(31)24-21-9-8-18(2)14-22(21)34-25(24)27-23(30)17-29-12-10-28(11-13-29)16-19-6-5-7-20(15-19)32-3/h5-7,15,18H,4,8-14,16-17H2,1-3H3,(H,27,30). The molecule has 1 N–H and O–H groups in total. The van der Waals surface area contributed by atoms with Crippen molar-refractivity contribution in [2.45, 2.75) is 39.7 Å². The van der Waals surface area contributed by atoms with Crippen LogP contribution in [0.25, 0.3) is 0 Å². The molecule has 7 nitrogen and oxygen atoms in total. The molecular formula is C26H35N3O4S. The molecule has 0 bridgehead atoms. The van der Waals surface area contributed by atoms with Crippen molar-refractivity contribution in [3.8, 4) is 5.75 Å². The van der Waals surface area contributed by atoms with Crippen LogP contribution in [0.4, 0.5) is 5.00 Å². The van der Waals surface area contributed by atoms with E-state index in [1.54, 1.807) is 18.4 Å². The predicted molar refractivity (Wildman–Crippen MR) is 135 cm³/mol. The molecule has 4 rings (SSSR count). The number of nitrogens with zero attached hydrogens (tertiary/aromatic N) is 2. The Kier molecular flexibility index (Phi) is 8.24. The highest BCUT2D eigenvalue weighted by Gasteiger charge is 2.29. The molecule has 1 aromatic heterocycles. The minimum absolute atomic E-state index is 0.0709. The van der Waals surface area contributed by atoms with Crippen molar-refractivity contribution < 1.29 is 19.1 Å². The predicted octanol–water partition coefficient (Wildman–Crippen LogP) is 3.81. The van der Waals surface area contributed by atoms with Crippen molar-refractivity contribution in [3.63, 3.8) is 0 Å². The van der Waals surface area contributed by atoms with Gasteiger partial charge in [-0.05, 0) is 55.4 Å². The Morgan fingerprint density at radius 2 is 1.94 bits per heavy atom. The van der Waals surface area contributed by atoms with Gasteiger partial charge in [-0.1, -0.05) is 19.1 Å². The van der Waals surface area contributed by atoms with E-state index in [0.717, 1.165) is 63.3 Å². The number of carbonyl (C=O) groups excluding carboxylic acids is 2. The number of carbonyl (C=O) groups is 2. The molecule has 2 aliphatic rings. The fourth-order valence-corrected chi connectivity index (χ4v) is 6.18. The number of fused-ring (bicyclic) bond motifs is 1. The molecule has 184 valence electrons. The zero-order valence-corrected chi connectivity index (χ0v) is 21.2. The summed E-state index contributed by atoms with van der Waals surface area (Å²) in [6.45, 7) is 9.05. The molecule has 0 radical (unpaired) electrons. The average molecular weight is 486 g/mol. The summed E-state index contributed by atoms with van der Waals surface area (Å²) in [6.07, 6.45) is 2.88. The van der Waals surface area contributed by atoms with Crippen LogP contribution in [0.1, 0.15) is 46.6 Å². The van der Waals surface area contributed by atoms with E-state index in [4.69, 9.17) is 9.47 Å². The SMILES string of the molecule is CCOC(=O)c1c(NC(=O)CN2CCN(Cc3cccc(OC)c3)CC2)sc2c1CCC(C)C2. The minimum Gasteiger partial charge on any atom is -0.497 e. The molecule has 2 aromatic rings. The lowest BCUT2D eigenvalue weighted by atomic mass is 9.88. The fourth-order valence-electron chi connectivity index (χ4n) is 4.76. The summed E-state index contributed by atoms with van der Waals surface area (Å²) in [6, 6.07) is 8.16. The minimum atomic E-state index is -0.323. The van der Waals surface area contributed by atoms with Crippen LogP contribution >= 0.6 is 11.3 Å². The van der Waals surface area contributed by atoms with E-state index in [-0.39, 0.29) is 11.9 Å². The van der Waals surface area contributed by atoms with Gasteiger partial charge in [0.1, 0.15) is 10.8 Å². The lowest BCUT2D eigenvalue weighted by molar-refractivity contribution is -0.117. The Bertz CT molecular complexity index is 1010. The highest BCUT2D eigenvalue weighted by Crippen LogP contribution is 2.40. The lowest BCUT2D eigenvalue weighted by Gasteiger charge is -2.34. The van der Waals surface area contributed by atoms with E-state index in [1.165, 1.54) is 10.4 Å². The molecule has 1 amide bonds. The van der Waals surface area contributed by atoms with Gasteiger partial charge in [-0.25, -0.2) is 4.79 Å². The maximum atomic E-state index is 12.9. The number of methoxy groups -OCH3 is 1. The Hall–Kier alpha value is -2.42. The number of piperazine rings is 1. The van der Waals surface area contributed by atoms with E-state index >= 15 is 0 Å². The van der Waals surface area contributed by atoms with Crippen molar-refractivity contribution in [1.29, 1.82) is 0 Å². The third-order valence-corrected chi connectivity index (χ3v) is 7.79. The van der Waals surface area contributed by atoms with Crippen LogP contribution in [0.2, 0.25) is 0 Å². The summed E-state index contributed by atoms with van der Waals surface area (Å²) in [4.78, 5) is 31.4. The van der Waals surface area contributed by atoms with Crippen molar-refractivity contribution >= 4 is 28.2 Å². The van der Waals surface area contributed by atoms with Gasteiger partial charge in [-0.15, -0.1) is 11.3 Å². The van der Waals surface area contributed by atoms with Gasteiger partial charge in [0.2, 0.25) is 5.91 Å². The number of hydrogen-bond acceptors (Lipinski definition) is 7. The second-order valence-electron chi connectivity index (χ2n) is 9.23. The molecule has 1 aliphatic heterocycles. The van der Waals surface area contributed by atoms with Gasteiger partial charge in [0.05, 0.1) is 25.8 Å². The number of benzene rings is 1. The first-order chi connectivity index (χ1) is 16.5. The number of rotatable bonds is 8. The van der Waals surface area contributed by atoms with Crippen molar-refractivity contribution in [2.75, 3.05) is 51.8 Å². The summed E-state index contributed by atoms with van der Waals surface area (Å²) in [5.41, 5.74) is 2.88. The highest BCUT2D eigenvalue weighted by molar-refractivity contribution is 7.17. The first kappa shape index (κ1) is 24.7. The number of esters is 1. The molecule has 1 fully saturated rings. The van der Waals surface area contributed by atoms with Crippen molar-refractivity contribution in [1.82, 2.24) is 9.80 Å². The van der Waals surface area contributed by atoms with E-state index in [2.05, 4.69) is 34.2 Å². The van der Waals surface area contributed by atoms with Gasteiger partial charge in [0, 0.05) is 37.6 Å². The summed E-state index contributed by atoms with van der Waals surface area (Å²) < 4.78 is 10.6. The zero-order chi connectivity index (χ0) is 24.1. The number of thiophene rings is 1. The Morgan fingerprint density at radius 3 is 2.68 bits per heavy atom. The Morgan fingerprint density at radius 1 is 1.18 bits per heavy atom. The third kappa shape index (κ3) is 5.98. The van der Waals surface area contributed by atoms with Crippen LogP contribution in [-0.4, -0.2) is 68.1 Å². The number of hydrogen-bond donors (Lipinski definition) is 1. The van der Waals surface area contributed by atoms with Gasteiger partial charge in [0.25, 0.3) is 0 Å². The number of amides is 1. The fraction of sp³-hybridized carbons (Fsp3) is 0.538. The molecule has 1 aliphatic carbocycles.